The third kappa shape index (κ3) is 3.33. The van der Waals surface area contributed by atoms with Crippen molar-refractivity contribution in [1.82, 2.24) is 4.57 Å². The fourth-order valence-electron chi connectivity index (χ4n) is 1.51. The van der Waals surface area contributed by atoms with Crippen molar-refractivity contribution in [3.8, 4) is 11.8 Å². The highest BCUT2D eigenvalue weighted by Gasteiger charge is 2.00. The number of rotatable bonds is 3. The maximum atomic E-state index is 11.6. The molecular formula is C14H13NO2S. The molecule has 2 rings (SSSR count). The summed E-state index contributed by atoms with van der Waals surface area (Å²) in [5.41, 5.74) is 0.936. The molecule has 3 nitrogen and oxygen atoms in total. The third-order valence-electron chi connectivity index (χ3n) is 2.35. The van der Waals surface area contributed by atoms with Gasteiger partial charge >= 0.3 is 0 Å². The fraction of sp³-hybridized carbons (Fsp3) is 0.214. The van der Waals surface area contributed by atoms with Gasteiger partial charge in [-0.3, -0.25) is 4.79 Å². The normalized spacial score (nSPS) is 9.83. The Bertz CT molecular complexity index is 631. The van der Waals surface area contributed by atoms with Gasteiger partial charge in [-0.2, -0.15) is 0 Å². The Morgan fingerprint density at radius 1 is 1.39 bits per heavy atom. The number of aliphatic hydroxyl groups excluding tert-OH is 1. The quantitative estimate of drug-likeness (QED) is 0.852. The van der Waals surface area contributed by atoms with Gasteiger partial charge in [-0.1, -0.05) is 17.9 Å². The molecule has 0 bridgehead atoms. The summed E-state index contributed by atoms with van der Waals surface area (Å²) in [4.78, 5) is 12.6. The number of thiophene rings is 1. The standard InChI is InChI=1S/C14H13NO2S/c16-8-4-2-5-12-9-13(18-11-12)10-15-7-3-1-6-14(15)17/h1,3,6-7,9,11,16H,4,8,10H2. The van der Waals surface area contributed by atoms with Gasteiger partial charge in [-0.05, 0) is 12.1 Å². The molecule has 0 aliphatic carbocycles. The minimum Gasteiger partial charge on any atom is -0.395 e. The zero-order chi connectivity index (χ0) is 12.8. The minimum atomic E-state index is -0.00110. The summed E-state index contributed by atoms with van der Waals surface area (Å²) in [5.74, 6) is 5.86. The van der Waals surface area contributed by atoms with Crippen LogP contribution in [0.1, 0.15) is 16.9 Å². The summed E-state index contributed by atoms with van der Waals surface area (Å²) in [5, 5.41) is 10.6. The van der Waals surface area contributed by atoms with E-state index in [-0.39, 0.29) is 12.2 Å². The summed E-state index contributed by atoms with van der Waals surface area (Å²) in [6, 6.07) is 7.11. The zero-order valence-electron chi connectivity index (χ0n) is 9.80. The predicted octanol–water partition coefficient (Wildman–Crippen LogP) is 1.69. The Kier molecular flexibility index (Phi) is 4.35. The molecule has 2 aromatic heterocycles. The van der Waals surface area contributed by atoms with Crippen molar-refractivity contribution < 1.29 is 5.11 Å². The molecule has 4 heteroatoms. The van der Waals surface area contributed by atoms with E-state index in [2.05, 4.69) is 11.8 Å². The van der Waals surface area contributed by atoms with Crippen LogP contribution in [0.2, 0.25) is 0 Å². The molecule has 18 heavy (non-hydrogen) atoms. The first-order valence-electron chi connectivity index (χ1n) is 5.62. The van der Waals surface area contributed by atoms with E-state index in [4.69, 9.17) is 5.11 Å². The lowest BCUT2D eigenvalue weighted by atomic mass is 10.3. The molecule has 1 N–H and O–H groups in total. The number of aliphatic hydroxyl groups is 1. The second kappa shape index (κ2) is 6.20. The summed E-state index contributed by atoms with van der Waals surface area (Å²) < 4.78 is 1.66. The molecule has 0 unspecified atom stereocenters. The van der Waals surface area contributed by atoms with Crippen LogP contribution in [0.3, 0.4) is 0 Å². The van der Waals surface area contributed by atoms with Crippen LogP contribution in [0.25, 0.3) is 0 Å². The number of aromatic nitrogens is 1. The lowest BCUT2D eigenvalue weighted by Crippen LogP contribution is -2.17. The van der Waals surface area contributed by atoms with Gasteiger partial charge in [0.15, 0.2) is 0 Å². The van der Waals surface area contributed by atoms with Crippen LogP contribution in [-0.4, -0.2) is 16.3 Å². The first-order chi connectivity index (χ1) is 8.79. The van der Waals surface area contributed by atoms with Crippen LogP contribution >= 0.6 is 11.3 Å². The number of hydrogen-bond donors (Lipinski definition) is 1. The van der Waals surface area contributed by atoms with Crippen LogP contribution in [-0.2, 0) is 6.54 Å². The van der Waals surface area contributed by atoms with Crippen LogP contribution < -0.4 is 5.56 Å². The molecule has 0 amide bonds. The molecule has 0 saturated carbocycles. The van der Waals surface area contributed by atoms with E-state index in [0.29, 0.717) is 13.0 Å². The van der Waals surface area contributed by atoms with Crippen LogP contribution in [0, 0.1) is 11.8 Å². The average Bonchev–Trinajstić information content (AvgIpc) is 2.80. The first-order valence-corrected chi connectivity index (χ1v) is 6.50. The Labute approximate surface area is 109 Å². The van der Waals surface area contributed by atoms with Crippen molar-refractivity contribution >= 4 is 11.3 Å². The lowest BCUT2D eigenvalue weighted by molar-refractivity contribution is 0.305. The Morgan fingerprint density at radius 3 is 3.06 bits per heavy atom. The number of hydrogen-bond acceptors (Lipinski definition) is 3. The predicted molar refractivity (Wildman–Crippen MR) is 72.7 cm³/mol. The number of pyridine rings is 1. The minimum absolute atomic E-state index is 0.00110. The van der Waals surface area contributed by atoms with Gasteiger partial charge in [0.25, 0.3) is 5.56 Å². The molecule has 0 atom stereocenters. The lowest BCUT2D eigenvalue weighted by Gasteiger charge is -2.01. The monoisotopic (exact) mass is 259 g/mol. The summed E-state index contributed by atoms with van der Waals surface area (Å²) >= 11 is 1.59. The highest BCUT2D eigenvalue weighted by atomic mass is 32.1. The van der Waals surface area contributed by atoms with Crippen LogP contribution in [0.4, 0.5) is 0 Å². The summed E-state index contributed by atoms with van der Waals surface area (Å²) in [7, 11) is 0. The smallest absolute Gasteiger partial charge is 0.250 e. The van der Waals surface area contributed by atoms with Crippen molar-refractivity contribution in [2.45, 2.75) is 13.0 Å². The second-order valence-electron chi connectivity index (χ2n) is 3.74. The second-order valence-corrected chi connectivity index (χ2v) is 4.74. The third-order valence-corrected chi connectivity index (χ3v) is 3.27. The molecule has 92 valence electrons. The largest absolute Gasteiger partial charge is 0.395 e. The maximum absolute atomic E-state index is 11.6. The fourth-order valence-corrected chi connectivity index (χ4v) is 2.32. The Morgan fingerprint density at radius 2 is 2.28 bits per heavy atom. The first kappa shape index (κ1) is 12.6. The molecule has 2 aromatic rings. The molecule has 0 radical (unpaired) electrons. The van der Waals surface area contributed by atoms with Gasteiger partial charge in [-0.15, -0.1) is 11.3 Å². The summed E-state index contributed by atoms with van der Waals surface area (Å²) in [6.07, 6.45) is 2.27. The molecular weight excluding hydrogens is 246 g/mol. The van der Waals surface area contributed by atoms with Gasteiger partial charge < -0.3 is 9.67 Å². The van der Waals surface area contributed by atoms with E-state index in [0.717, 1.165) is 10.4 Å². The molecule has 0 aromatic carbocycles. The Balaban J connectivity index is 2.10. The van der Waals surface area contributed by atoms with Gasteiger partial charge in [0.05, 0.1) is 13.2 Å². The van der Waals surface area contributed by atoms with Gasteiger partial charge in [-0.25, -0.2) is 0 Å². The Hall–Kier alpha value is -1.83. The average molecular weight is 259 g/mol. The van der Waals surface area contributed by atoms with Crippen LogP contribution in [0.15, 0.2) is 40.6 Å². The van der Waals surface area contributed by atoms with Gasteiger partial charge in [0, 0.05) is 34.5 Å². The van der Waals surface area contributed by atoms with E-state index in [1.165, 1.54) is 0 Å². The highest BCUT2D eigenvalue weighted by Crippen LogP contribution is 2.14. The van der Waals surface area contributed by atoms with Crippen molar-refractivity contribution in [2.75, 3.05) is 6.61 Å². The highest BCUT2D eigenvalue weighted by molar-refractivity contribution is 7.10. The molecule has 0 saturated heterocycles. The zero-order valence-corrected chi connectivity index (χ0v) is 10.6. The maximum Gasteiger partial charge on any atom is 0.250 e. The van der Waals surface area contributed by atoms with E-state index >= 15 is 0 Å². The topological polar surface area (TPSA) is 42.2 Å². The molecule has 0 aliphatic rings. The van der Waals surface area contributed by atoms with E-state index in [1.807, 2.05) is 17.5 Å². The number of nitrogens with zero attached hydrogens (tertiary/aromatic N) is 1. The summed E-state index contributed by atoms with van der Waals surface area (Å²) in [6.45, 7) is 0.662. The molecule has 0 spiro atoms. The van der Waals surface area contributed by atoms with Crippen molar-refractivity contribution in [2.24, 2.45) is 0 Å². The molecule has 0 aliphatic heterocycles. The van der Waals surface area contributed by atoms with E-state index < -0.39 is 0 Å². The van der Waals surface area contributed by atoms with Crippen LogP contribution in [0.5, 0.6) is 0 Å². The molecule has 2 heterocycles. The molecule has 0 fully saturated rings. The van der Waals surface area contributed by atoms with Gasteiger partial charge in [0.1, 0.15) is 0 Å². The van der Waals surface area contributed by atoms with E-state index in [9.17, 15) is 4.79 Å². The van der Waals surface area contributed by atoms with Crippen molar-refractivity contribution in [1.29, 1.82) is 0 Å². The van der Waals surface area contributed by atoms with Gasteiger partial charge in [0.2, 0.25) is 0 Å². The van der Waals surface area contributed by atoms with Crippen molar-refractivity contribution in [3.05, 3.63) is 56.6 Å². The SMILES string of the molecule is O=c1ccccn1Cc1cc(C#CCCO)cs1. The van der Waals surface area contributed by atoms with Crippen molar-refractivity contribution in [3.63, 3.8) is 0 Å². The van der Waals surface area contributed by atoms with E-state index in [1.54, 1.807) is 34.2 Å².